The van der Waals surface area contributed by atoms with Gasteiger partial charge in [-0.05, 0) is 80.2 Å². The first kappa shape index (κ1) is 38.2. The number of aryl methyl sites for hydroxylation is 2. The van der Waals surface area contributed by atoms with Crippen molar-refractivity contribution in [2.45, 2.75) is 122 Å². The lowest BCUT2D eigenvalue weighted by Crippen LogP contribution is -2.69. The van der Waals surface area contributed by atoms with Crippen LogP contribution in [0, 0.1) is 6.92 Å². The second-order valence-corrected chi connectivity index (χ2v) is 13.2. The van der Waals surface area contributed by atoms with E-state index in [9.17, 15) is 9.90 Å². The first-order valence-corrected chi connectivity index (χ1v) is 18.1. The number of carboxylic acid groups (broad SMARTS) is 1. The molecule has 8 heteroatoms. The second kappa shape index (κ2) is 19.0. The minimum Gasteiger partial charge on any atom is -0.479 e. The molecule has 0 aliphatic carbocycles. The molecule has 0 unspecified atom stereocenters. The molecule has 2 heterocycles. The van der Waals surface area contributed by atoms with E-state index >= 15 is 0 Å². The predicted molar refractivity (Wildman–Crippen MR) is 187 cm³/mol. The van der Waals surface area contributed by atoms with Crippen molar-refractivity contribution in [2.75, 3.05) is 39.6 Å². The van der Waals surface area contributed by atoms with Crippen molar-refractivity contribution in [3.05, 3.63) is 82.9 Å². The minimum atomic E-state index is -1.73. The number of fused-ring (bicyclic) bond motifs is 2. The van der Waals surface area contributed by atoms with E-state index in [0.717, 1.165) is 87.5 Å². The van der Waals surface area contributed by atoms with Gasteiger partial charge in [0.15, 0.2) is 0 Å². The smallest absolute Gasteiger partial charge is 0.341 e. The van der Waals surface area contributed by atoms with Crippen LogP contribution in [-0.4, -0.2) is 74.6 Å². The number of rotatable bonds is 23. The number of benzene rings is 2. The maximum absolute atomic E-state index is 13.1. The van der Waals surface area contributed by atoms with Crippen molar-refractivity contribution in [3.8, 4) is 0 Å². The molecule has 2 saturated heterocycles. The molecule has 0 aromatic heterocycles. The van der Waals surface area contributed by atoms with Gasteiger partial charge in [-0.25, -0.2) is 4.79 Å². The number of carboxylic acids is 1. The highest BCUT2D eigenvalue weighted by Gasteiger charge is 2.72. The Kier molecular flexibility index (Phi) is 15.1. The quantitative estimate of drug-likeness (QED) is 0.0953. The number of hydrogen-bond acceptors (Lipinski definition) is 7. The lowest BCUT2D eigenvalue weighted by molar-refractivity contribution is -0.341. The number of carbonyl (C=O) groups is 1. The van der Waals surface area contributed by atoms with Gasteiger partial charge in [-0.2, -0.15) is 0 Å². The molecule has 0 radical (unpaired) electrons. The van der Waals surface area contributed by atoms with Gasteiger partial charge in [0.25, 0.3) is 0 Å². The summed E-state index contributed by atoms with van der Waals surface area (Å²) in [6, 6.07) is 14.9. The summed E-state index contributed by atoms with van der Waals surface area (Å²) in [7, 11) is 0. The van der Waals surface area contributed by atoms with Gasteiger partial charge in [0.2, 0.25) is 11.4 Å². The van der Waals surface area contributed by atoms with E-state index < -0.39 is 35.7 Å². The van der Waals surface area contributed by atoms with Crippen molar-refractivity contribution in [1.82, 2.24) is 0 Å². The van der Waals surface area contributed by atoms with E-state index in [4.69, 9.17) is 28.4 Å². The van der Waals surface area contributed by atoms with Crippen LogP contribution >= 0.6 is 0 Å². The summed E-state index contributed by atoms with van der Waals surface area (Å²) >= 11 is 0. The molecule has 266 valence electrons. The Hall–Kier alpha value is -2.59. The molecule has 4 rings (SSSR count). The Morgan fingerprint density at radius 1 is 0.875 bits per heavy atom. The van der Waals surface area contributed by atoms with Gasteiger partial charge in [0, 0.05) is 32.0 Å². The normalized spacial score (nSPS) is 25.0. The lowest BCUT2D eigenvalue weighted by Gasteiger charge is -2.49. The Bertz CT molecular complexity index is 1280. The highest BCUT2D eigenvalue weighted by Crippen LogP contribution is 2.53. The molecule has 8 nitrogen and oxygen atoms in total. The summed E-state index contributed by atoms with van der Waals surface area (Å²) in [6.45, 7) is 14.6. The van der Waals surface area contributed by atoms with Crippen molar-refractivity contribution >= 4 is 5.97 Å². The van der Waals surface area contributed by atoms with Crippen molar-refractivity contribution in [2.24, 2.45) is 0 Å². The van der Waals surface area contributed by atoms with Crippen LogP contribution in [-0.2, 0) is 51.8 Å². The van der Waals surface area contributed by atoms with Crippen LogP contribution in [0.15, 0.2) is 55.1 Å². The third kappa shape index (κ3) is 9.14. The van der Waals surface area contributed by atoms with E-state index in [1.807, 2.05) is 6.07 Å². The number of ether oxygens (including phenoxy) is 6. The maximum atomic E-state index is 13.1. The van der Waals surface area contributed by atoms with Crippen LogP contribution < -0.4 is 0 Å². The number of aliphatic carboxylic acids is 1. The molecule has 2 fully saturated rings. The zero-order valence-corrected chi connectivity index (χ0v) is 29.7. The van der Waals surface area contributed by atoms with E-state index in [2.05, 4.69) is 70.7 Å². The van der Waals surface area contributed by atoms with Gasteiger partial charge in [0.05, 0.1) is 13.2 Å². The molecule has 0 saturated carbocycles. The monoisotopic (exact) mass is 666 g/mol. The molecule has 1 N–H and O–H groups in total. The largest absolute Gasteiger partial charge is 0.479 e. The number of unbranched alkanes of at least 4 members (excludes halogenated alkanes) is 4. The average molecular weight is 667 g/mol. The van der Waals surface area contributed by atoms with Crippen LogP contribution in [0.2, 0.25) is 0 Å². The fourth-order valence-corrected chi connectivity index (χ4v) is 6.50. The molecule has 2 aliphatic rings. The average Bonchev–Trinajstić information content (AvgIpc) is 3.46. The lowest BCUT2D eigenvalue weighted by atomic mass is 9.82. The first-order chi connectivity index (χ1) is 23.3. The van der Waals surface area contributed by atoms with E-state index in [0.29, 0.717) is 26.4 Å². The van der Waals surface area contributed by atoms with Crippen LogP contribution in [0.4, 0.5) is 0 Å². The first-order valence-electron chi connectivity index (χ1n) is 18.1. The summed E-state index contributed by atoms with van der Waals surface area (Å²) in [6.07, 6.45) is 8.62. The summed E-state index contributed by atoms with van der Waals surface area (Å²) < 4.78 is 38.3. The molecule has 0 amide bonds. The topological polar surface area (TPSA) is 92.7 Å². The van der Waals surface area contributed by atoms with Gasteiger partial charge >= 0.3 is 5.97 Å². The molecule has 2 bridgehead atoms. The summed E-state index contributed by atoms with van der Waals surface area (Å²) in [5, 5.41) is 10.7. The summed E-state index contributed by atoms with van der Waals surface area (Å²) in [5.74, 6) is -2.58. The fraction of sp³-hybridized carbons (Fsp3) is 0.625. The van der Waals surface area contributed by atoms with Gasteiger partial charge < -0.3 is 33.5 Å². The van der Waals surface area contributed by atoms with Crippen LogP contribution in [0.1, 0.15) is 100.0 Å². The van der Waals surface area contributed by atoms with Crippen LogP contribution in [0.3, 0.4) is 0 Å². The van der Waals surface area contributed by atoms with Gasteiger partial charge in [-0.3, -0.25) is 0 Å². The molecule has 48 heavy (non-hydrogen) atoms. The molecular formula is C40H58O8. The van der Waals surface area contributed by atoms with E-state index in [1.165, 1.54) is 11.1 Å². The second-order valence-electron chi connectivity index (χ2n) is 13.2. The maximum Gasteiger partial charge on any atom is 0.341 e. The molecule has 5 atom stereocenters. The number of hydrogen-bond donors (Lipinski definition) is 1. The Morgan fingerprint density at radius 2 is 1.52 bits per heavy atom. The van der Waals surface area contributed by atoms with Gasteiger partial charge in [-0.15, -0.1) is 6.58 Å². The summed E-state index contributed by atoms with van der Waals surface area (Å²) in [5.41, 5.74) is 3.77. The summed E-state index contributed by atoms with van der Waals surface area (Å²) in [4.78, 5) is 13.1. The zero-order chi connectivity index (χ0) is 34.4. The molecular weight excluding hydrogens is 608 g/mol. The highest BCUT2D eigenvalue weighted by atomic mass is 16.8. The van der Waals surface area contributed by atoms with E-state index in [-0.39, 0.29) is 6.61 Å². The third-order valence-electron chi connectivity index (χ3n) is 9.44. The highest BCUT2D eigenvalue weighted by molar-refractivity contribution is 5.80. The van der Waals surface area contributed by atoms with E-state index in [1.54, 1.807) is 6.08 Å². The molecule has 2 aromatic carbocycles. The van der Waals surface area contributed by atoms with Crippen LogP contribution in [0.25, 0.3) is 0 Å². The Labute approximate surface area is 288 Å². The Balaban J connectivity index is 1.63. The molecule has 2 aromatic rings. The minimum absolute atomic E-state index is 0.161. The van der Waals surface area contributed by atoms with Crippen molar-refractivity contribution in [1.29, 1.82) is 0 Å². The zero-order valence-electron chi connectivity index (χ0n) is 29.7. The van der Waals surface area contributed by atoms with Gasteiger partial charge in [-0.1, -0.05) is 82.5 Å². The van der Waals surface area contributed by atoms with Crippen molar-refractivity contribution < 1.29 is 38.3 Å². The van der Waals surface area contributed by atoms with Crippen molar-refractivity contribution in [3.63, 3.8) is 0 Å². The third-order valence-corrected chi connectivity index (χ3v) is 9.44. The van der Waals surface area contributed by atoms with Crippen LogP contribution in [0.5, 0.6) is 0 Å². The molecule has 2 aliphatic heterocycles. The SMILES string of the molecule is C=CCOCCCCc1ccc(Cc2cc([C@]34OC[C@](C(=O)O)(O3)[C@@H](OCCCC)[C@H](OCCCC)[C@H]4OCCCC)ccc2C)cc1. The molecule has 0 spiro atoms. The Morgan fingerprint density at radius 3 is 2.17 bits per heavy atom. The van der Waals surface area contributed by atoms with Gasteiger partial charge in [0.1, 0.15) is 18.3 Å². The fourth-order valence-electron chi connectivity index (χ4n) is 6.50. The standard InChI is InChI=1S/C40H58O8/c1-6-10-24-44-35-36(45-25-11-7-2)39(38(41)42)29-47-40(48-39,37(35)46-26-12-8-3)34-21-16-30(5)33(28-34)27-32-19-17-31(18-20-32)15-13-14-23-43-22-9-4/h9,16-21,28,35-37H,4,6-8,10-15,22-27,29H2,1-3,5H3,(H,41,42)/t35-,36-,37+,39-,40-/m0/s1. The predicted octanol–water partition coefficient (Wildman–Crippen LogP) is 7.70.